The van der Waals surface area contributed by atoms with E-state index in [1.54, 1.807) is 31.2 Å². The van der Waals surface area contributed by atoms with Crippen molar-refractivity contribution < 1.29 is 9.63 Å². The second-order valence-corrected chi connectivity index (χ2v) is 4.52. The minimum absolute atomic E-state index is 0.457. The normalized spacial score (nSPS) is 11.6. The van der Waals surface area contributed by atoms with Gasteiger partial charge in [-0.15, -0.1) is 0 Å². The Kier molecular flexibility index (Phi) is 3.47. The number of aromatic amines is 1. The van der Waals surface area contributed by atoms with Crippen LogP contribution in [0.5, 0.6) is 0 Å². The molecule has 104 valence electrons. The van der Waals surface area contributed by atoms with Crippen LogP contribution in [-0.4, -0.2) is 21.6 Å². The Bertz CT molecular complexity index is 774. The fourth-order valence-electron chi connectivity index (χ4n) is 1.90. The number of para-hydroxylation sites is 2. The molecule has 0 aliphatic rings. The Balaban J connectivity index is 1.78. The molecule has 0 amide bonds. The lowest BCUT2D eigenvalue weighted by Crippen LogP contribution is -2.04. The number of hydrogen-bond acceptors (Lipinski definition) is 4. The molecular formula is C16H13N3O2. The molecule has 5 nitrogen and oxygen atoms in total. The lowest BCUT2D eigenvalue weighted by atomic mass is 10.2. The van der Waals surface area contributed by atoms with E-state index in [1.807, 2.05) is 30.3 Å². The number of hydrogen-bond donors (Lipinski definition) is 1. The van der Waals surface area contributed by atoms with Gasteiger partial charge >= 0.3 is 5.97 Å². The molecule has 0 radical (unpaired) electrons. The lowest BCUT2D eigenvalue weighted by Gasteiger charge is -1.98. The summed E-state index contributed by atoms with van der Waals surface area (Å²) < 4.78 is 0. The van der Waals surface area contributed by atoms with Crippen molar-refractivity contribution in [2.75, 3.05) is 0 Å². The van der Waals surface area contributed by atoms with Gasteiger partial charge in [-0.1, -0.05) is 35.5 Å². The topological polar surface area (TPSA) is 67.3 Å². The fourth-order valence-corrected chi connectivity index (χ4v) is 1.90. The van der Waals surface area contributed by atoms with Gasteiger partial charge in [0.25, 0.3) is 0 Å². The lowest BCUT2D eigenvalue weighted by molar-refractivity contribution is 0.0516. The van der Waals surface area contributed by atoms with E-state index in [9.17, 15) is 4.79 Å². The van der Waals surface area contributed by atoms with Gasteiger partial charge in [-0.05, 0) is 31.2 Å². The number of rotatable bonds is 3. The molecular weight excluding hydrogens is 266 g/mol. The van der Waals surface area contributed by atoms with Crippen LogP contribution in [0.3, 0.4) is 0 Å². The van der Waals surface area contributed by atoms with Gasteiger partial charge < -0.3 is 9.82 Å². The molecule has 2 aromatic carbocycles. The van der Waals surface area contributed by atoms with Crippen molar-refractivity contribution in [3.8, 4) is 0 Å². The molecule has 0 saturated heterocycles. The van der Waals surface area contributed by atoms with Crippen molar-refractivity contribution >= 4 is 22.7 Å². The number of imidazole rings is 1. The Morgan fingerprint density at radius 2 is 1.81 bits per heavy atom. The predicted molar refractivity (Wildman–Crippen MR) is 80.2 cm³/mol. The maximum atomic E-state index is 11.8. The molecule has 0 atom stereocenters. The monoisotopic (exact) mass is 279 g/mol. The van der Waals surface area contributed by atoms with Gasteiger partial charge in [0.1, 0.15) is 5.71 Å². The van der Waals surface area contributed by atoms with Crippen LogP contribution in [0.25, 0.3) is 11.0 Å². The van der Waals surface area contributed by atoms with E-state index < -0.39 is 5.97 Å². The summed E-state index contributed by atoms with van der Waals surface area (Å²) in [4.78, 5) is 24.2. The van der Waals surface area contributed by atoms with Crippen LogP contribution in [0.4, 0.5) is 0 Å². The van der Waals surface area contributed by atoms with Crippen LogP contribution in [0.15, 0.2) is 59.8 Å². The van der Waals surface area contributed by atoms with Crippen LogP contribution in [0, 0.1) is 0 Å². The number of nitrogens with zero attached hydrogens (tertiary/aromatic N) is 2. The highest BCUT2D eigenvalue weighted by molar-refractivity contribution is 5.98. The molecule has 0 bridgehead atoms. The maximum absolute atomic E-state index is 11.8. The number of H-pyrrole nitrogens is 1. The number of fused-ring (bicyclic) bond motifs is 1. The van der Waals surface area contributed by atoms with Crippen LogP contribution in [0.2, 0.25) is 0 Å². The molecule has 5 heteroatoms. The molecule has 0 unspecified atom stereocenters. The van der Waals surface area contributed by atoms with Gasteiger partial charge in [-0.3, -0.25) is 0 Å². The van der Waals surface area contributed by atoms with Crippen molar-refractivity contribution in [1.29, 1.82) is 0 Å². The molecule has 3 rings (SSSR count). The summed E-state index contributed by atoms with van der Waals surface area (Å²) in [5.74, 6) is 0.0862. The first-order chi connectivity index (χ1) is 10.2. The molecule has 0 aliphatic carbocycles. The zero-order chi connectivity index (χ0) is 14.7. The fraction of sp³-hybridized carbons (Fsp3) is 0.0625. The van der Waals surface area contributed by atoms with E-state index in [0.29, 0.717) is 17.1 Å². The van der Waals surface area contributed by atoms with E-state index >= 15 is 0 Å². The highest BCUT2D eigenvalue weighted by Crippen LogP contribution is 2.11. The molecule has 0 fully saturated rings. The molecule has 1 aromatic heterocycles. The summed E-state index contributed by atoms with van der Waals surface area (Å²) in [5, 5.41) is 3.84. The van der Waals surface area contributed by atoms with Gasteiger partial charge in [-0.2, -0.15) is 0 Å². The summed E-state index contributed by atoms with van der Waals surface area (Å²) in [7, 11) is 0. The second-order valence-electron chi connectivity index (χ2n) is 4.52. The molecule has 0 aliphatic heterocycles. The van der Waals surface area contributed by atoms with Gasteiger partial charge in [0.15, 0.2) is 5.82 Å². The van der Waals surface area contributed by atoms with Crippen LogP contribution in [-0.2, 0) is 4.84 Å². The number of carbonyl (C=O) groups excluding carboxylic acids is 1. The largest absolute Gasteiger partial charge is 0.365 e. The Morgan fingerprint density at radius 1 is 1.10 bits per heavy atom. The number of nitrogens with one attached hydrogen (secondary N) is 1. The van der Waals surface area contributed by atoms with Crippen molar-refractivity contribution in [2.24, 2.45) is 5.16 Å². The Morgan fingerprint density at radius 3 is 2.57 bits per heavy atom. The standard InChI is InChI=1S/C16H13N3O2/c1-11(15-17-13-9-5-6-10-14(13)18-15)19-21-16(20)12-7-3-2-4-8-12/h2-10H,1H3,(H,17,18)/b19-11+. The molecule has 21 heavy (non-hydrogen) atoms. The number of aromatic nitrogens is 2. The number of benzene rings is 2. The molecule has 3 aromatic rings. The third-order valence-electron chi connectivity index (χ3n) is 3.01. The molecule has 0 spiro atoms. The minimum atomic E-state index is -0.494. The second kappa shape index (κ2) is 5.58. The first kappa shape index (κ1) is 13.1. The first-order valence-electron chi connectivity index (χ1n) is 6.50. The van der Waals surface area contributed by atoms with E-state index in [-0.39, 0.29) is 0 Å². The Hall–Kier alpha value is -2.95. The number of oxime groups is 1. The predicted octanol–water partition coefficient (Wildman–Crippen LogP) is 3.14. The molecule has 1 heterocycles. The molecule has 0 saturated carbocycles. The molecule has 1 N–H and O–H groups in total. The summed E-state index contributed by atoms with van der Waals surface area (Å²) in [6, 6.07) is 16.4. The van der Waals surface area contributed by atoms with E-state index in [1.165, 1.54) is 0 Å². The Labute approximate surface area is 121 Å². The summed E-state index contributed by atoms with van der Waals surface area (Å²) in [6.07, 6.45) is 0. The maximum Gasteiger partial charge on any atom is 0.365 e. The summed E-state index contributed by atoms with van der Waals surface area (Å²) in [6.45, 7) is 1.73. The third kappa shape index (κ3) is 2.81. The van der Waals surface area contributed by atoms with Crippen LogP contribution in [0.1, 0.15) is 23.1 Å². The van der Waals surface area contributed by atoms with E-state index in [2.05, 4.69) is 15.1 Å². The minimum Gasteiger partial charge on any atom is -0.337 e. The van der Waals surface area contributed by atoms with Crippen molar-refractivity contribution in [1.82, 2.24) is 9.97 Å². The van der Waals surface area contributed by atoms with Gasteiger partial charge in [0, 0.05) is 0 Å². The van der Waals surface area contributed by atoms with E-state index in [4.69, 9.17) is 4.84 Å². The van der Waals surface area contributed by atoms with Crippen molar-refractivity contribution in [3.63, 3.8) is 0 Å². The van der Waals surface area contributed by atoms with Gasteiger partial charge in [0.2, 0.25) is 0 Å². The highest BCUT2D eigenvalue weighted by atomic mass is 16.7. The number of carbonyl (C=O) groups is 1. The summed E-state index contributed by atoms with van der Waals surface area (Å²) in [5.41, 5.74) is 2.72. The zero-order valence-corrected chi connectivity index (χ0v) is 11.4. The third-order valence-corrected chi connectivity index (χ3v) is 3.01. The van der Waals surface area contributed by atoms with Crippen LogP contribution >= 0.6 is 0 Å². The average Bonchev–Trinajstić information content (AvgIpc) is 2.97. The van der Waals surface area contributed by atoms with Crippen molar-refractivity contribution in [3.05, 3.63) is 66.0 Å². The average molecular weight is 279 g/mol. The van der Waals surface area contributed by atoms with Gasteiger partial charge in [0.05, 0.1) is 16.6 Å². The van der Waals surface area contributed by atoms with Crippen LogP contribution < -0.4 is 0 Å². The first-order valence-corrected chi connectivity index (χ1v) is 6.50. The summed E-state index contributed by atoms with van der Waals surface area (Å²) >= 11 is 0. The highest BCUT2D eigenvalue weighted by Gasteiger charge is 2.09. The quantitative estimate of drug-likeness (QED) is 0.455. The van der Waals surface area contributed by atoms with E-state index in [0.717, 1.165) is 11.0 Å². The SMILES string of the molecule is C/C(=N\OC(=O)c1ccccc1)c1nc2ccccc2[nH]1. The zero-order valence-electron chi connectivity index (χ0n) is 11.4. The van der Waals surface area contributed by atoms with Crippen molar-refractivity contribution in [2.45, 2.75) is 6.92 Å². The van der Waals surface area contributed by atoms with Gasteiger partial charge in [-0.25, -0.2) is 9.78 Å². The smallest absolute Gasteiger partial charge is 0.337 e.